The third-order valence-electron chi connectivity index (χ3n) is 3.45. The van der Waals surface area contributed by atoms with Gasteiger partial charge in [0.25, 0.3) is 0 Å². The van der Waals surface area contributed by atoms with E-state index in [4.69, 9.17) is 5.73 Å². The van der Waals surface area contributed by atoms with Crippen LogP contribution in [-0.2, 0) is 0 Å². The molecule has 2 unspecified atom stereocenters. The Bertz CT molecular complexity index is 392. The zero-order valence-electron chi connectivity index (χ0n) is 9.50. The van der Waals surface area contributed by atoms with E-state index in [0.29, 0.717) is 18.4 Å². The minimum absolute atomic E-state index is 0.0759. The summed E-state index contributed by atoms with van der Waals surface area (Å²) in [5, 5.41) is 0. The van der Waals surface area contributed by atoms with E-state index in [2.05, 4.69) is 0 Å². The van der Waals surface area contributed by atoms with Crippen molar-refractivity contribution in [3.63, 3.8) is 0 Å². The van der Waals surface area contributed by atoms with Crippen molar-refractivity contribution < 1.29 is 13.2 Å². The fourth-order valence-electron chi connectivity index (χ4n) is 2.52. The molecule has 0 saturated heterocycles. The summed E-state index contributed by atoms with van der Waals surface area (Å²) in [5.41, 5.74) is 6.26. The number of nitrogens with two attached hydrogens (primary N) is 1. The van der Waals surface area contributed by atoms with Crippen LogP contribution >= 0.6 is 0 Å². The molecule has 0 amide bonds. The highest BCUT2D eigenvalue weighted by atomic mass is 19.3. The maximum Gasteiger partial charge on any atom is 0.248 e. The first-order chi connectivity index (χ1) is 7.99. The molecule has 1 nitrogen and oxygen atoms in total. The van der Waals surface area contributed by atoms with Crippen LogP contribution in [0.25, 0.3) is 0 Å². The van der Waals surface area contributed by atoms with E-state index in [-0.39, 0.29) is 18.8 Å². The molecule has 1 aliphatic rings. The molecule has 0 spiro atoms. The average molecular weight is 243 g/mol. The van der Waals surface area contributed by atoms with Crippen LogP contribution in [0.2, 0.25) is 0 Å². The van der Waals surface area contributed by atoms with Crippen LogP contribution in [0.5, 0.6) is 0 Å². The Hall–Kier alpha value is -1.03. The van der Waals surface area contributed by atoms with E-state index >= 15 is 0 Å². The molecule has 1 aromatic rings. The van der Waals surface area contributed by atoms with Gasteiger partial charge in [-0.2, -0.15) is 0 Å². The highest BCUT2D eigenvalue weighted by Gasteiger charge is 2.39. The van der Waals surface area contributed by atoms with E-state index in [9.17, 15) is 13.2 Å². The van der Waals surface area contributed by atoms with Crippen molar-refractivity contribution in [2.24, 2.45) is 11.7 Å². The smallest absolute Gasteiger partial charge is 0.248 e. The van der Waals surface area contributed by atoms with Crippen molar-refractivity contribution in [1.82, 2.24) is 0 Å². The van der Waals surface area contributed by atoms with E-state index in [0.717, 1.165) is 0 Å². The van der Waals surface area contributed by atoms with Crippen molar-refractivity contribution in [2.75, 3.05) is 0 Å². The van der Waals surface area contributed by atoms with Gasteiger partial charge in [0, 0.05) is 24.4 Å². The number of halogens is 3. The molecule has 2 atom stereocenters. The third-order valence-corrected chi connectivity index (χ3v) is 3.45. The summed E-state index contributed by atoms with van der Waals surface area (Å²) < 4.78 is 40.1. The molecular formula is C13H16F3N. The van der Waals surface area contributed by atoms with Gasteiger partial charge < -0.3 is 5.73 Å². The summed E-state index contributed by atoms with van der Waals surface area (Å²) in [6, 6.07) is 5.51. The molecular weight excluding hydrogens is 227 g/mol. The maximum absolute atomic E-state index is 13.5. The summed E-state index contributed by atoms with van der Waals surface area (Å²) in [7, 11) is 0. The molecule has 0 radical (unpaired) electrons. The van der Waals surface area contributed by atoms with E-state index in [1.807, 2.05) is 0 Å². The minimum atomic E-state index is -2.65. The molecule has 0 aromatic heterocycles. The first-order valence-corrected chi connectivity index (χ1v) is 5.87. The van der Waals surface area contributed by atoms with Crippen molar-refractivity contribution in [3.8, 4) is 0 Å². The maximum atomic E-state index is 13.5. The normalized spacial score (nSPS) is 25.5. The first kappa shape index (κ1) is 12.4. The Morgan fingerprint density at radius 2 is 2.00 bits per heavy atom. The van der Waals surface area contributed by atoms with Gasteiger partial charge in [0.15, 0.2) is 0 Å². The van der Waals surface area contributed by atoms with Crippen LogP contribution in [0.1, 0.15) is 37.3 Å². The molecule has 2 N–H and O–H groups in total. The number of hydrogen-bond acceptors (Lipinski definition) is 1. The van der Waals surface area contributed by atoms with Gasteiger partial charge in [-0.05, 0) is 24.8 Å². The number of alkyl halides is 2. The van der Waals surface area contributed by atoms with Crippen molar-refractivity contribution in [1.29, 1.82) is 0 Å². The zero-order valence-corrected chi connectivity index (χ0v) is 9.50. The number of benzene rings is 1. The molecule has 0 aliphatic heterocycles. The van der Waals surface area contributed by atoms with Crippen molar-refractivity contribution >= 4 is 0 Å². The fraction of sp³-hybridized carbons (Fsp3) is 0.538. The standard InChI is InChI=1S/C13H16F3N/c14-11-6-2-1-5-10(11)12(17)9-4-3-7-13(15,16)8-9/h1-2,5-6,9,12H,3-4,7-8,17H2. The lowest BCUT2D eigenvalue weighted by Gasteiger charge is -2.32. The van der Waals surface area contributed by atoms with Crippen molar-refractivity contribution in [2.45, 2.75) is 37.6 Å². The number of hydrogen-bond donors (Lipinski definition) is 1. The second-order valence-corrected chi connectivity index (χ2v) is 4.76. The van der Waals surface area contributed by atoms with Crippen LogP contribution in [0.4, 0.5) is 13.2 Å². The summed E-state index contributed by atoms with van der Waals surface area (Å²) >= 11 is 0. The molecule has 94 valence electrons. The molecule has 0 heterocycles. The molecule has 1 aliphatic carbocycles. The van der Waals surface area contributed by atoms with Gasteiger partial charge >= 0.3 is 0 Å². The lowest BCUT2D eigenvalue weighted by Crippen LogP contribution is -2.33. The average Bonchev–Trinajstić information content (AvgIpc) is 2.27. The molecule has 1 aromatic carbocycles. The van der Waals surface area contributed by atoms with Crippen LogP contribution in [0.15, 0.2) is 24.3 Å². The second kappa shape index (κ2) is 4.69. The summed E-state index contributed by atoms with van der Waals surface area (Å²) in [6.07, 6.45) is 0.793. The van der Waals surface area contributed by atoms with E-state index in [1.165, 1.54) is 6.07 Å². The fourth-order valence-corrected chi connectivity index (χ4v) is 2.52. The van der Waals surface area contributed by atoms with Crippen LogP contribution in [0.3, 0.4) is 0 Å². The Morgan fingerprint density at radius 1 is 1.29 bits per heavy atom. The monoisotopic (exact) mass is 243 g/mol. The lowest BCUT2D eigenvalue weighted by molar-refractivity contribution is -0.0565. The second-order valence-electron chi connectivity index (χ2n) is 4.76. The molecule has 1 fully saturated rings. The predicted molar refractivity (Wildman–Crippen MR) is 60.2 cm³/mol. The summed E-state index contributed by atoms with van der Waals surface area (Å²) in [5.74, 6) is -3.39. The molecule has 17 heavy (non-hydrogen) atoms. The van der Waals surface area contributed by atoms with Crippen LogP contribution in [0, 0.1) is 11.7 Å². The highest BCUT2D eigenvalue weighted by molar-refractivity contribution is 5.21. The molecule has 2 rings (SSSR count). The van der Waals surface area contributed by atoms with Crippen LogP contribution < -0.4 is 5.73 Å². The molecule has 1 saturated carbocycles. The Balaban J connectivity index is 2.15. The minimum Gasteiger partial charge on any atom is -0.324 e. The molecule has 4 heteroatoms. The third kappa shape index (κ3) is 2.80. The molecule has 0 bridgehead atoms. The zero-order chi connectivity index (χ0) is 12.5. The Labute approximate surface area is 98.8 Å². The van der Waals surface area contributed by atoms with Gasteiger partial charge in [-0.25, -0.2) is 13.2 Å². The van der Waals surface area contributed by atoms with E-state index < -0.39 is 17.8 Å². The van der Waals surface area contributed by atoms with Crippen LogP contribution in [-0.4, -0.2) is 5.92 Å². The van der Waals surface area contributed by atoms with Gasteiger partial charge in [-0.3, -0.25) is 0 Å². The first-order valence-electron chi connectivity index (χ1n) is 5.87. The van der Waals surface area contributed by atoms with Gasteiger partial charge in [-0.15, -0.1) is 0 Å². The SMILES string of the molecule is NC(c1ccccc1F)C1CCCC(F)(F)C1. The van der Waals surface area contributed by atoms with Gasteiger partial charge in [0.05, 0.1) is 0 Å². The van der Waals surface area contributed by atoms with Gasteiger partial charge in [0.2, 0.25) is 5.92 Å². The topological polar surface area (TPSA) is 26.0 Å². The van der Waals surface area contributed by atoms with E-state index in [1.54, 1.807) is 18.2 Å². The largest absolute Gasteiger partial charge is 0.324 e. The number of rotatable bonds is 2. The predicted octanol–water partition coefficient (Wildman–Crippen LogP) is 3.65. The Morgan fingerprint density at radius 3 is 2.65 bits per heavy atom. The van der Waals surface area contributed by atoms with Crippen molar-refractivity contribution in [3.05, 3.63) is 35.6 Å². The summed E-state index contributed by atoms with van der Waals surface area (Å²) in [6.45, 7) is 0. The Kier molecular flexibility index (Phi) is 3.43. The van der Waals surface area contributed by atoms with Gasteiger partial charge in [-0.1, -0.05) is 18.2 Å². The quantitative estimate of drug-likeness (QED) is 0.843. The summed E-state index contributed by atoms with van der Waals surface area (Å²) in [4.78, 5) is 0. The lowest BCUT2D eigenvalue weighted by atomic mass is 9.79. The van der Waals surface area contributed by atoms with Gasteiger partial charge in [0.1, 0.15) is 5.82 Å². The highest BCUT2D eigenvalue weighted by Crippen LogP contribution is 2.41.